The zero-order valence-corrected chi connectivity index (χ0v) is 14.4. The molecule has 2 N–H and O–H groups in total. The number of carbonyl (C=O) groups excluding carboxylic acids is 2. The second-order valence-electron chi connectivity index (χ2n) is 6.00. The van der Waals surface area contributed by atoms with Gasteiger partial charge in [-0.05, 0) is 32.0 Å². The largest absolute Gasteiger partial charge is 0.449 e. The summed E-state index contributed by atoms with van der Waals surface area (Å²) in [5, 5.41) is 3.25. The first-order valence-corrected chi connectivity index (χ1v) is 8.14. The number of ether oxygens (including phenoxy) is 1. The maximum Gasteiger partial charge on any atom is 0.339 e. The lowest BCUT2D eigenvalue weighted by Gasteiger charge is -2.14. The molecule has 2 aromatic carbocycles. The third-order valence-corrected chi connectivity index (χ3v) is 3.94. The number of hydrogen-bond donors (Lipinski definition) is 2. The lowest BCUT2D eigenvalue weighted by atomic mass is 10.1. The molecule has 0 saturated carbocycles. The zero-order valence-electron chi connectivity index (χ0n) is 14.4. The number of pyridine rings is 1. The van der Waals surface area contributed by atoms with Crippen molar-refractivity contribution >= 4 is 28.5 Å². The maximum absolute atomic E-state index is 12.5. The molecule has 3 aromatic rings. The van der Waals surface area contributed by atoms with Gasteiger partial charge < -0.3 is 15.0 Å². The molecule has 0 radical (unpaired) electrons. The van der Waals surface area contributed by atoms with E-state index in [-0.39, 0.29) is 5.56 Å². The Kier molecular flexibility index (Phi) is 4.84. The number of aryl methyl sites for hydroxylation is 1. The van der Waals surface area contributed by atoms with E-state index in [4.69, 9.17) is 4.74 Å². The summed E-state index contributed by atoms with van der Waals surface area (Å²) in [6, 6.07) is 15.4. The Bertz CT molecular complexity index is 1020. The quantitative estimate of drug-likeness (QED) is 0.708. The van der Waals surface area contributed by atoms with E-state index >= 15 is 0 Å². The average molecular weight is 350 g/mol. The van der Waals surface area contributed by atoms with Crippen molar-refractivity contribution in [2.24, 2.45) is 0 Å². The summed E-state index contributed by atoms with van der Waals surface area (Å²) in [4.78, 5) is 39.1. The molecule has 0 aliphatic carbocycles. The predicted octanol–water partition coefficient (Wildman–Crippen LogP) is 3.02. The Morgan fingerprint density at radius 2 is 1.77 bits per heavy atom. The molecule has 0 aliphatic rings. The Morgan fingerprint density at radius 1 is 1.08 bits per heavy atom. The predicted molar refractivity (Wildman–Crippen MR) is 99.3 cm³/mol. The molecular formula is C20H18N2O4. The number of carbonyl (C=O) groups is 2. The fourth-order valence-electron chi connectivity index (χ4n) is 2.53. The number of anilines is 1. The minimum Gasteiger partial charge on any atom is -0.449 e. The lowest BCUT2D eigenvalue weighted by Crippen LogP contribution is -2.30. The summed E-state index contributed by atoms with van der Waals surface area (Å²) in [5.74, 6) is -1.17. The van der Waals surface area contributed by atoms with Gasteiger partial charge in [-0.3, -0.25) is 9.59 Å². The first kappa shape index (κ1) is 17.4. The molecule has 0 spiro atoms. The summed E-state index contributed by atoms with van der Waals surface area (Å²) >= 11 is 0. The third-order valence-electron chi connectivity index (χ3n) is 3.94. The molecule has 6 nitrogen and oxygen atoms in total. The molecule has 3 rings (SSSR count). The van der Waals surface area contributed by atoms with Gasteiger partial charge in [0.05, 0.1) is 5.56 Å². The average Bonchev–Trinajstić information content (AvgIpc) is 2.62. The number of nitrogens with one attached hydrogen (secondary N) is 2. The highest BCUT2D eigenvalue weighted by Crippen LogP contribution is 2.16. The van der Waals surface area contributed by atoms with E-state index in [1.54, 1.807) is 36.4 Å². The van der Waals surface area contributed by atoms with Gasteiger partial charge in [0.25, 0.3) is 5.91 Å². The molecule has 1 heterocycles. The normalized spacial score (nSPS) is 11.8. The highest BCUT2D eigenvalue weighted by atomic mass is 16.5. The van der Waals surface area contributed by atoms with Gasteiger partial charge in [0.1, 0.15) is 0 Å². The van der Waals surface area contributed by atoms with E-state index in [0.29, 0.717) is 16.6 Å². The van der Waals surface area contributed by atoms with Crippen LogP contribution in [0.2, 0.25) is 0 Å². The Balaban J connectivity index is 1.76. The molecule has 1 amide bonds. The first-order valence-electron chi connectivity index (χ1n) is 8.14. The Labute approximate surface area is 149 Å². The molecule has 6 heteroatoms. The van der Waals surface area contributed by atoms with E-state index in [2.05, 4.69) is 10.3 Å². The van der Waals surface area contributed by atoms with Crippen LogP contribution in [0.1, 0.15) is 22.8 Å². The van der Waals surface area contributed by atoms with Gasteiger partial charge in [-0.1, -0.05) is 35.9 Å². The molecule has 26 heavy (non-hydrogen) atoms. The second kappa shape index (κ2) is 7.23. The smallest absolute Gasteiger partial charge is 0.339 e. The fourth-order valence-corrected chi connectivity index (χ4v) is 2.53. The maximum atomic E-state index is 12.5. The number of aromatic amines is 1. The molecule has 0 bridgehead atoms. The number of fused-ring (bicyclic) bond motifs is 1. The molecule has 1 atom stereocenters. The van der Waals surface area contributed by atoms with Crippen LogP contribution < -0.4 is 10.9 Å². The topological polar surface area (TPSA) is 88.3 Å². The van der Waals surface area contributed by atoms with Crippen molar-refractivity contribution in [2.75, 3.05) is 5.32 Å². The van der Waals surface area contributed by atoms with Gasteiger partial charge in [-0.15, -0.1) is 0 Å². The summed E-state index contributed by atoms with van der Waals surface area (Å²) in [6.07, 6.45) is -1.01. The summed E-state index contributed by atoms with van der Waals surface area (Å²) in [5.41, 5.74) is 1.93. The van der Waals surface area contributed by atoms with Crippen molar-refractivity contribution < 1.29 is 14.3 Å². The zero-order chi connectivity index (χ0) is 18.7. The SMILES string of the molecule is Cc1ccc(NC(=O)[C@H](C)OC(=O)c2cc(=O)[nH]c3ccccc23)cc1. The summed E-state index contributed by atoms with van der Waals surface area (Å²) in [7, 11) is 0. The van der Waals surface area contributed by atoms with Crippen molar-refractivity contribution in [3.63, 3.8) is 0 Å². The van der Waals surface area contributed by atoms with E-state index in [9.17, 15) is 14.4 Å². The van der Waals surface area contributed by atoms with E-state index < -0.39 is 23.5 Å². The van der Waals surface area contributed by atoms with Crippen LogP contribution >= 0.6 is 0 Å². The standard InChI is InChI=1S/C20H18N2O4/c1-12-7-9-14(10-8-12)21-19(24)13(2)26-20(25)16-11-18(23)22-17-6-4-3-5-15(16)17/h3-11,13H,1-2H3,(H,21,24)(H,22,23)/t13-/m0/s1. The lowest BCUT2D eigenvalue weighted by molar-refractivity contribution is -0.123. The van der Waals surface area contributed by atoms with Crippen LogP contribution in [-0.4, -0.2) is 23.0 Å². The molecule has 0 fully saturated rings. The molecular weight excluding hydrogens is 332 g/mol. The van der Waals surface area contributed by atoms with Gasteiger partial charge in [0.2, 0.25) is 5.56 Å². The number of H-pyrrole nitrogens is 1. The van der Waals surface area contributed by atoms with Crippen LogP contribution in [0.5, 0.6) is 0 Å². The number of benzene rings is 2. The van der Waals surface area contributed by atoms with E-state index in [1.807, 2.05) is 19.1 Å². The van der Waals surface area contributed by atoms with E-state index in [1.165, 1.54) is 13.0 Å². The monoisotopic (exact) mass is 350 g/mol. The third kappa shape index (κ3) is 3.80. The van der Waals surface area contributed by atoms with Crippen molar-refractivity contribution in [1.82, 2.24) is 4.98 Å². The van der Waals surface area contributed by atoms with Crippen LogP contribution in [0.15, 0.2) is 59.4 Å². The van der Waals surface area contributed by atoms with Crippen LogP contribution in [-0.2, 0) is 9.53 Å². The highest BCUT2D eigenvalue weighted by Gasteiger charge is 2.21. The number of esters is 1. The number of para-hydroxylation sites is 1. The summed E-state index contributed by atoms with van der Waals surface area (Å²) in [6.45, 7) is 3.43. The fraction of sp³-hybridized carbons (Fsp3) is 0.150. The second-order valence-corrected chi connectivity index (χ2v) is 6.00. The van der Waals surface area contributed by atoms with Crippen molar-refractivity contribution in [3.05, 3.63) is 76.1 Å². The van der Waals surface area contributed by atoms with Crippen molar-refractivity contribution in [2.45, 2.75) is 20.0 Å². The number of amides is 1. The molecule has 0 unspecified atom stereocenters. The van der Waals surface area contributed by atoms with Crippen LogP contribution in [0.25, 0.3) is 10.9 Å². The molecule has 1 aromatic heterocycles. The summed E-state index contributed by atoms with van der Waals surface area (Å²) < 4.78 is 5.25. The van der Waals surface area contributed by atoms with Crippen LogP contribution in [0.3, 0.4) is 0 Å². The van der Waals surface area contributed by atoms with E-state index in [0.717, 1.165) is 5.56 Å². The molecule has 0 saturated heterocycles. The molecule has 0 aliphatic heterocycles. The van der Waals surface area contributed by atoms with Gasteiger partial charge in [-0.2, -0.15) is 0 Å². The van der Waals surface area contributed by atoms with Crippen molar-refractivity contribution in [3.8, 4) is 0 Å². The minimum atomic E-state index is -1.01. The highest BCUT2D eigenvalue weighted by molar-refractivity contribution is 6.04. The van der Waals surface area contributed by atoms with Crippen molar-refractivity contribution in [1.29, 1.82) is 0 Å². The number of rotatable bonds is 4. The van der Waals surface area contributed by atoms with Gasteiger partial charge in [0.15, 0.2) is 6.10 Å². The minimum absolute atomic E-state index is 0.124. The molecule has 132 valence electrons. The Morgan fingerprint density at radius 3 is 2.50 bits per heavy atom. The van der Waals surface area contributed by atoms with Crippen LogP contribution in [0.4, 0.5) is 5.69 Å². The van der Waals surface area contributed by atoms with Crippen LogP contribution in [0, 0.1) is 6.92 Å². The van der Waals surface area contributed by atoms with Gasteiger partial charge in [0, 0.05) is 22.7 Å². The number of aromatic nitrogens is 1. The van der Waals surface area contributed by atoms with Gasteiger partial charge in [-0.25, -0.2) is 4.79 Å². The number of hydrogen-bond acceptors (Lipinski definition) is 4. The van der Waals surface area contributed by atoms with Gasteiger partial charge >= 0.3 is 5.97 Å². The first-order chi connectivity index (χ1) is 12.4. The Hall–Kier alpha value is -3.41.